The van der Waals surface area contributed by atoms with Crippen LogP contribution in [-0.2, 0) is 20.4 Å². The van der Waals surface area contributed by atoms with Gasteiger partial charge in [-0.1, -0.05) is 0 Å². The molecule has 23 heavy (non-hydrogen) atoms. The molecule has 1 saturated heterocycles. The highest BCUT2D eigenvalue weighted by molar-refractivity contribution is 5.96. The highest BCUT2D eigenvalue weighted by atomic mass is 19.4. The first-order valence-corrected chi connectivity index (χ1v) is 6.78. The van der Waals surface area contributed by atoms with Crippen molar-refractivity contribution in [3.05, 3.63) is 29.3 Å². The summed E-state index contributed by atoms with van der Waals surface area (Å²) in [5.74, 6) is -1.34. The SMILES string of the molecule is Nc1cc(C(F)(F)F)ccc1C(=O)OCC(=O)N1CCOCC1. The molecule has 0 saturated carbocycles. The number of nitrogens with two attached hydrogens (primary N) is 1. The summed E-state index contributed by atoms with van der Waals surface area (Å²) >= 11 is 0. The van der Waals surface area contributed by atoms with Gasteiger partial charge in [0.1, 0.15) is 0 Å². The van der Waals surface area contributed by atoms with Gasteiger partial charge in [-0.15, -0.1) is 0 Å². The minimum absolute atomic E-state index is 0.215. The van der Waals surface area contributed by atoms with Crippen LogP contribution in [0.1, 0.15) is 15.9 Å². The molecule has 0 aliphatic carbocycles. The van der Waals surface area contributed by atoms with E-state index in [1.165, 1.54) is 4.90 Å². The van der Waals surface area contributed by atoms with Crippen molar-refractivity contribution in [2.45, 2.75) is 6.18 Å². The summed E-state index contributed by atoms with van der Waals surface area (Å²) in [6.45, 7) is 1.12. The van der Waals surface area contributed by atoms with Crippen LogP contribution in [0.25, 0.3) is 0 Å². The molecule has 0 radical (unpaired) electrons. The van der Waals surface area contributed by atoms with E-state index in [0.29, 0.717) is 32.4 Å². The third kappa shape index (κ3) is 4.35. The molecule has 0 unspecified atom stereocenters. The molecule has 0 atom stereocenters. The van der Waals surface area contributed by atoms with E-state index in [9.17, 15) is 22.8 Å². The molecule has 1 aliphatic rings. The number of ether oxygens (including phenoxy) is 2. The number of nitrogen functional groups attached to an aromatic ring is 1. The number of morpholine rings is 1. The van der Waals surface area contributed by atoms with Crippen molar-refractivity contribution in [2.75, 3.05) is 38.6 Å². The molecule has 1 amide bonds. The molecule has 1 fully saturated rings. The van der Waals surface area contributed by atoms with Gasteiger partial charge in [0.25, 0.3) is 5.91 Å². The number of alkyl halides is 3. The lowest BCUT2D eigenvalue weighted by atomic mass is 10.1. The number of hydrogen-bond acceptors (Lipinski definition) is 5. The van der Waals surface area contributed by atoms with E-state index in [1.54, 1.807) is 0 Å². The Kier molecular flexibility index (Phi) is 5.09. The quantitative estimate of drug-likeness (QED) is 0.666. The molecule has 1 heterocycles. The Bertz CT molecular complexity index is 598. The summed E-state index contributed by atoms with van der Waals surface area (Å²) in [5.41, 5.74) is 3.92. The fourth-order valence-corrected chi connectivity index (χ4v) is 2.03. The fourth-order valence-electron chi connectivity index (χ4n) is 2.03. The number of rotatable bonds is 3. The molecule has 0 spiro atoms. The molecule has 2 N–H and O–H groups in total. The van der Waals surface area contributed by atoms with E-state index in [1.807, 2.05) is 0 Å². The van der Waals surface area contributed by atoms with Crippen LogP contribution in [0.5, 0.6) is 0 Å². The largest absolute Gasteiger partial charge is 0.452 e. The average molecular weight is 332 g/mol. The highest BCUT2D eigenvalue weighted by Gasteiger charge is 2.31. The van der Waals surface area contributed by atoms with Crippen LogP contribution in [0.2, 0.25) is 0 Å². The molecule has 1 aliphatic heterocycles. The van der Waals surface area contributed by atoms with Crippen LogP contribution >= 0.6 is 0 Å². The Labute approximate surface area is 129 Å². The molecular weight excluding hydrogens is 317 g/mol. The summed E-state index contributed by atoms with van der Waals surface area (Å²) in [5, 5.41) is 0. The summed E-state index contributed by atoms with van der Waals surface area (Å²) in [6.07, 6.45) is -4.55. The molecule has 1 aromatic rings. The third-order valence-corrected chi connectivity index (χ3v) is 3.29. The zero-order chi connectivity index (χ0) is 17.0. The molecule has 6 nitrogen and oxygen atoms in total. The van der Waals surface area contributed by atoms with Crippen LogP contribution in [0.3, 0.4) is 0 Å². The number of anilines is 1. The van der Waals surface area contributed by atoms with Crippen LogP contribution < -0.4 is 5.73 Å². The number of carbonyl (C=O) groups excluding carboxylic acids is 2. The summed E-state index contributed by atoms with van der Waals surface area (Å²) < 4.78 is 47.5. The lowest BCUT2D eigenvalue weighted by molar-refractivity contribution is -0.138. The predicted molar refractivity (Wildman–Crippen MR) is 73.5 cm³/mol. The maximum atomic E-state index is 12.5. The van der Waals surface area contributed by atoms with Crippen LogP contribution in [0, 0.1) is 0 Å². The third-order valence-electron chi connectivity index (χ3n) is 3.29. The second-order valence-corrected chi connectivity index (χ2v) is 4.87. The van der Waals surface area contributed by atoms with Gasteiger partial charge in [0.2, 0.25) is 0 Å². The van der Waals surface area contributed by atoms with Crippen molar-refractivity contribution >= 4 is 17.6 Å². The Morgan fingerprint density at radius 3 is 2.48 bits per heavy atom. The molecule has 2 rings (SSSR count). The average Bonchev–Trinajstić information content (AvgIpc) is 2.52. The maximum absolute atomic E-state index is 12.5. The number of hydrogen-bond donors (Lipinski definition) is 1. The minimum atomic E-state index is -4.55. The fraction of sp³-hybridized carbons (Fsp3) is 0.429. The number of carbonyl (C=O) groups is 2. The summed E-state index contributed by atoms with van der Waals surface area (Å²) in [7, 11) is 0. The van der Waals surface area contributed by atoms with Gasteiger partial charge in [-0.2, -0.15) is 13.2 Å². The first-order valence-electron chi connectivity index (χ1n) is 6.78. The molecule has 9 heteroatoms. The van der Waals surface area contributed by atoms with E-state index in [-0.39, 0.29) is 11.3 Å². The number of nitrogens with zero attached hydrogens (tertiary/aromatic N) is 1. The van der Waals surface area contributed by atoms with Gasteiger partial charge < -0.3 is 20.1 Å². The van der Waals surface area contributed by atoms with Crippen molar-refractivity contribution in [3.8, 4) is 0 Å². The van der Waals surface area contributed by atoms with Gasteiger partial charge in [-0.25, -0.2) is 4.79 Å². The van der Waals surface area contributed by atoms with Crippen molar-refractivity contribution in [1.29, 1.82) is 0 Å². The van der Waals surface area contributed by atoms with Crippen molar-refractivity contribution in [2.24, 2.45) is 0 Å². The van der Waals surface area contributed by atoms with Gasteiger partial charge in [0.15, 0.2) is 6.61 Å². The Morgan fingerprint density at radius 2 is 1.91 bits per heavy atom. The Morgan fingerprint density at radius 1 is 1.26 bits per heavy atom. The summed E-state index contributed by atoms with van der Waals surface area (Å²) in [4.78, 5) is 25.1. The van der Waals surface area contributed by atoms with Gasteiger partial charge in [0.05, 0.1) is 24.3 Å². The van der Waals surface area contributed by atoms with E-state index in [2.05, 4.69) is 0 Å². The summed E-state index contributed by atoms with van der Waals surface area (Å²) in [6, 6.07) is 2.32. The molecule has 126 valence electrons. The normalized spacial score (nSPS) is 15.3. The smallest absolute Gasteiger partial charge is 0.416 e. The van der Waals surface area contributed by atoms with Crippen LogP contribution in [-0.4, -0.2) is 49.7 Å². The van der Waals surface area contributed by atoms with E-state index in [4.69, 9.17) is 15.2 Å². The number of esters is 1. The molecule has 0 bridgehead atoms. The first-order chi connectivity index (χ1) is 10.8. The van der Waals surface area contributed by atoms with E-state index < -0.39 is 30.2 Å². The zero-order valence-electron chi connectivity index (χ0n) is 12.1. The zero-order valence-corrected chi connectivity index (χ0v) is 12.1. The van der Waals surface area contributed by atoms with Gasteiger partial charge in [-0.3, -0.25) is 4.79 Å². The first kappa shape index (κ1) is 17.1. The van der Waals surface area contributed by atoms with Crippen LogP contribution in [0.15, 0.2) is 18.2 Å². The van der Waals surface area contributed by atoms with Crippen molar-refractivity contribution in [1.82, 2.24) is 4.90 Å². The Hall–Kier alpha value is -2.29. The second-order valence-electron chi connectivity index (χ2n) is 4.87. The highest BCUT2D eigenvalue weighted by Crippen LogP contribution is 2.31. The second kappa shape index (κ2) is 6.86. The number of halogens is 3. The minimum Gasteiger partial charge on any atom is -0.452 e. The van der Waals surface area contributed by atoms with Gasteiger partial charge >= 0.3 is 12.1 Å². The van der Waals surface area contributed by atoms with Gasteiger partial charge in [-0.05, 0) is 18.2 Å². The monoisotopic (exact) mass is 332 g/mol. The van der Waals surface area contributed by atoms with E-state index in [0.717, 1.165) is 12.1 Å². The van der Waals surface area contributed by atoms with E-state index >= 15 is 0 Å². The molecule has 0 aromatic heterocycles. The van der Waals surface area contributed by atoms with Crippen molar-refractivity contribution < 1.29 is 32.2 Å². The Balaban J connectivity index is 1.96. The predicted octanol–water partition coefficient (Wildman–Crippen LogP) is 1.30. The topological polar surface area (TPSA) is 81.9 Å². The van der Waals surface area contributed by atoms with Crippen LogP contribution in [0.4, 0.5) is 18.9 Å². The molecular formula is C14H15F3N2O4. The maximum Gasteiger partial charge on any atom is 0.416 e. The standard InChI is InChI=1S/C14H15F3N2O4/c15-14(16,17)9-1-2-10(11(18)7-9)13(21)23-8-12(20)19-3-5-22-6-4-19/h1-2,7H,3-6,8,18H2. The molecule has 1 aromatic carbocycles. The number of benzene rings is 1. The number of amides is 1. The lowest BCUT2D eigenvalue weighted by Gasteiger charge is -2.26. The van der Waals surface area contributed by atoms with Gasteiger partial charge in [0, 0.05) is 18.8 Å². The lowest BCUT2D eigenvalue weighted by Crippen LogP contribution is -2.42. The van der Waals surface area contributed by atoms with Crippen molar-refractivity contribution in [3.63, 3.8) is 0 Å².